The van der Waals surface area contributed by atoms with E-state index in [1.54, 1.807) is 0 Å². The van der Waals surface area contributed by atoms with E-state index in [0.29, 0.717) is 6.04 Å². The average Bonchev–Trinajstić information content (AvgIpc) is 2.54. The van der Waals surface area contributed by atoms with Gasteiger partial charge in [0.1, 0.15) is 0 Å². The predicted octanol–water partition coefficient (Wildman–Crippen LogP) is 3.85. The zero-order valence-electron chi connectivity index (χ0n) is 10.2. The molecular weight excluding hydrogens is 278 g/mol. The highest BCUT2D eigenvalue weighted by molar-refractivity contribution is 9.10. The van der Waals surface area contributed by atoms with Crippen molar-refractivity contribution in [2.45, 2.75) is 38.6 Å². The minimum atomic E-state index is 0.173. The third kappa shape index (κ3) is 3.09. The first-order valence-electron chi connectivity index (χ1n) is 6.25. The third-order valence-electron chi connectivity index (χ3n) is 3.41. The Bertz CT molecular complexity index is 388. The van der Waals surface area contributed by atoms with Gasteiger partial charge in [0.25, 0.3) is 5.91 Å². The number of hydrogen-bond donors (Lipinski definition) is 0. The second-order valence-electron chi connectivity index (χ2n) is 4.70. The number of hydrogen-bond acceptors (Lipinski definition) is 1. The van der Waals surface area contributed by atoms with E-state index in [1.165, 1.54) is 12.8 Å². The van der Waals surface area contributed by atoms with Gasteiger partial charge in [-0.3, -0.25) is 4.79 Å². The molecule has 0 aliphatic carbocycles. The van der Waals surface area contributed by atoms with Crippen LogP contribution in [0.1, 0.15) is 43.0 Å². The van der Waals surface area contributed by atoms with Crippen molar-refractivity contribution in [3.05, 3.63) is 34.3 Å². The fourth-order valence-corrected chi connectivity index (χ4v) is 2.60. The van der Waals surface area contributed by atoms with Crippen LogP contribution < -0.4 is 0 Å². The van der Waals surface area contributed by atoms with Crippen molar-refractivity contribution in [2.75, 3.05) is 6.54 Å². The van der Waals surface area contributed by atoms with E-state index in [4.69, 9.17) is 0 Å². The summed E-state index contributed by atoms with van der Waals surface area (Å²) in [4.78, 5) is 14.4. The molecule has 1 fully saturated rings. The molecule has 92 valence electrons. The van der Waals surface area contributed by atoms with E-state index in [0.717, 1.165) is 29.4 Å². The number of amides is 1. The molecule has 1 aromatic rings. The number of likely N-dealkylation sites (tertiary alicyclic amines) is 1. The van der Waals surface area contributed by atoms with Crippen molar-refractivity contribution >= 4 is 21.8 Å². The van der Waals surface area contributed by atoms with Crippen molar-refractivity contribution in [3.8, 4) is 0 Å². The normalized spacial score (nSPS) is 21.1. The van der Waals surface area contributed by atoms with Crippen LogP contribution in [0.2, 0.25) is 0 Å². The Morgan fingerprint density at radius 2 is 1.94 bits per heavy atom. The maximum atomic E-state index is 12.4. The highest BCUT2D eigenvalue weighted by Gasteiger charge is 2.22. The van der Waals surface area contributed by atoms with Crippen LogP contribution in [-0.2, 0) is 0 Å². The molecule has 1 aliphatic rings. The van der Waals surface area contributed by atoms with E-state index < -0.39 is 0 Å². The lowest BCUT2D eigenvalue weighted by atomic mass is 10.1. The summed E-state index contributed by atoms with van der Waals surface area (Å²) < 4.78 is 1.01. The number of nitrogens with zero attached hydrogens (tertiary/aromatic N) is 1. The molecule has 1 saturated heterocycles. The number of benzene rings is 1. The fourth-order valence-electron chi connectivity index (χ4n) is 2.33. The van der Waals surface area contributed by atoms with Crippen molar-refractivity contribution in [3.63, 3.8) is 0 Å². The van der Waals surface area contributed by atoms with Gasteiger partial charge in [-0.2, -0.15) is 0 Å². The highest BCUT2D eigenvalue weighted by atomic mass is 79.9. The zero-order chi connectivity index (χ0) is 12.3. The van der Waals surface area contributed by atoms with Crippen LogP contribution in [0.4, 0.5) is 0 Å². The SMILES string of the molecule is C[C@@H]1CCCCCN1C(=O)c1ccc(Br)cc1. The van der Waals surface area contributed by atoms with Crippen LogP contribution in [0.25, 0.3) is 0 Å². The van der Waals surface area contributed by atoms with Gasteiger partial charge in [0.15, 0.2) is 0 Å². The Labute approximate surface area is 111 Å². The molecule has 1 atom stereocenters. The molecule has 3 heteroatoms. The van der Waals surface area contributed by atoms with Crippen molar-refractivity contribution in [2.24, 2.45) is 0 Å². The van der Waals surface area contributed by atoms with Crippen molar-refractivity contribution < 1.29 is 4.79 Å². The number of carbonyl (C=O) groups is 1. The Hall–Kier alpha value is -0.830. The summed E-state index contributed by atoms with van der Waals surface area (Å²) >= 11 is 3.39. The number of halogens is 1. The van der Waals surface area contributed by atoms with Gasteiger partial charge in [-0.1, -0.05) is 28.8 Å². The Morgan fingerprint density at radius 3 is 2.65 bits per heavy atom. The van der Waals surface area contributed by atoms with E-state index >= 15 is 0 Å². The van der Waals surface area contributed by atoms with Crippen LogP contribution in [-0.4, -0.2) is 23.4 Å². The van der Waals surface area contributed by atoms with E-state index in [9.17, 15) is 4.79 Å². The first kappa shape index (κ1) is 12.6. The minimum Gasteiger partial charge on any atom is -0.336 e. The van der Waals surface area contributed by atoms with Crippen LogP contribution in [0.15, 0.2) is 28.7 Å². The summed E-state index contributed by atoms with van der Waals surface area (Å²) in [6.45, 7) is 3.05. The molecule has 1 aliphatic heterocycles. The van der Waals surface area contributed by atoms with Crippen LogP contribution in [0.3, 0.4) is 0 Å². The summed E-state index contributed by atoms with van der Waals surface area (Å²) in [7, 11) is 0. The molecule has 1 aromatic carbocycles. The summed E-state index contributed by atoms with van der Waals surface area (Å²) in [6.07, 6.45) is 4.74. The Balaban J connectivity index is 2.15. The molecule has 0 N–H and O–H groups in total. The molecular formula is C14H18BrNO. The van der Waals surface area contributed by atoms with Gasteiger partial charge in [-0.15, -0.1) is 0 Å². The Kier molecular flexibility index (Phi) is 4.21. The second-order valence-corrected chi connectivity index (χ2v) is 5.62. The molecule has 17 heavy (non-hydrogen) atoms. The van der Waals surface area contributed by atoms with E-state index in [1.807, 2.05) is 29.2 Å². The largest absolute Gasteiger partial charge is 0.336 e. The van der Waals surface area contributed by atoms with Gasteiger partial charge in [0.2, 0.25) is 0 Å². The number of rotatable bonds is 1. The average molecular weight is 296 g/mol. The standard InChI is InChI=1S/C14H18BrNO/c1-11-5-3-2-4-10-16(11)14(17)12-6-8-13(15)9-7-12/h6-9,11H,2-5,10H2,1H3/t11-/m1/s1. The molecule has 0 spiro atoms. The van der Waals surface area contributed by atoms with Gasteiger partial charge >= 0.3 is 0 Å². The van der Waals surface area contributed by atoms with Crippen LogP contribution >= 0.6 is 15.9 Å². The van der Waals surface area contributed by atoms with Crippen LogP contribution in [0, 0.1) is 0 Å². The van der Waals surface area contributed by atoms with Gasteiger partial charge < -0.3 is 4.90 Å². The van der Waals surface area contributed by atoms with E-state index in [2.05, 4.69) is 22.9 Å². The molecule has 2 rings (SSSR count). The lowest BCUT2D eigenvalue weighted by molar-refractivity contribution is 0.0698. The fraction of sp³-hybridized carbons (Fsp3) is 0.500. The number of carbonyl (C=O) groups excluding carboxylic acids is 1. The molecule has 2 nitrogen and oxygen atoms in total. The summed E-state index contributed by atoms with van der Waals surface area (Å²) in [6, 6.07) is 8.01. The lowest BCUT2D eigenvalue weighted by Crippen LogP contribution is -2.38. The van der Waals surface area contributed by atoms with Gasteiger partial charge in [0, 0.05) is 22.6 Å². The minimum absolute atomic E-state index is 0.173. The first-order chi connectivity index (χ1) is 8.18. The lowest BCUT2D eigenvalue weighted by Gasteiger charge is -2.27. The predicted molar refractivity (Wildman–Crippen MR) is 73.1 cm³/mol. The second kappa shape index (κ2) is 5.67. The van der Waals surface area contributed by atoms with Gasteiger partial charge in [-0.25, -0.2) is 0 Å². The monoisotopic (exact) mass is 295 g/mol. The Morgan fingerprint density at radius 1 is 1.24 bits per heavy atom. The van der Waals surface area contributed by atoms with Crippen molar-refractivity contribution in [1.82, 2.24) is 4.90 Å². The molecule has 0 unspecified atom stereocenters. The molecule has 0 aromatic heterocycles. The molecule has 0 radical (unpaired) electrons. The summed E-state index contributed by atoms with van der Waals surface area (Å²) in [5.41, 5.74) is 0.793. The van der Waals surface area contributed by atoms with Gasteiger partial charge in [-0.05, 0) is 44.0 Å². The first-order valence-corrected chi connectivity index (χ1v) is 7.04. The maximum Gasteiger partial charge on any atom is 0.254 e. The third-order valence-corrected chi connectivity index (χ3v) is 3.93. The van der Waals surface area contributed by atoms with Crippen LogP contribution in [0.5, 0.6) is 0 Å². The maximum absolute atomic E-state index is 12.4. The molecule has 1 amide bonds. The molecule has 1 heterocycles. The zero-order valence-corrected chi connectivity index (χ0v) is 11.7. The summed E-state index contributed by atoms with van der Waals surface area (Å²) in [5, 5.41) is 0. The van der Waals surface area contributed by atoms with E-state index in [-0.39, 0.29) is 5.91 Å². The van der Waals surface area contributed by atoms with Gasteiger partial charge in [0.05, 0.1) is 0 Å². The summed E-state index contributed by atoms with van der Waals surface area (Å²) in [5.74, 6) is 0.173. The quantitative estimate of drug-likeness (QED) is 0.770. The van der Waals surface area contributed by atoms with Crippen molar-refractivity contribution in [1.29, 1.82) is 0 Å². The highest BCUT2D eigenvalue weighted by Crippen LogP contribution is 2.19. The molecule has 0 saturated carbocycles. The topological polar surface area (TPSA) is 20.3 Å². The smallest absolute Gasteiger partial charge is 0.254 e. The molecule has 0 bridgehead atoms.